The third kappa shape index (κ3) is 4.59. The van der Waals surface area contributed by atoms with Crippen molar-refractivity contribution in [1.29, 1.82) is 0 Å². The van der Waals surface area contributed by atoms with E-state index in [-0.39, 0.29) is 34.7 Å². The number of thiophene rings is 1. The highest BCUT2D eigenvalue weighted by Crippen LogP contribution is 2.59. The molecule has 2 fully saturated rings. The molecule has 1 aromatic heterocycles. The van der Waals surface area contributed by atoms with Gasteiger partial charge in [0.05, 0.1) is 4.88 Å². The van der Waals surface area contributed by atoms with Crippen LogP contribution in [0.2, 0.25) is 0 Å². The van der Waals surface area contributed by atoms with Crippen LogP contribution in [0.5, 0.6) is 0 Å². The van der Waals surface area contributed by atoms with Gasteiger partial charge in [-0.25, -0.2) is 0 Å². The minimum Gasteiger partial charge on any atom is -0.340 e. The predicted octanol–water partition coefficient (Wildman–Crippen LogP) is 2.47. The summed E-state index contributed by atoms with van der Waals surface area (Å²) < 4.78 is 39.8. The summed E-state index contributed by atoms with van der Waals surface area (Å²) in [6.07, 6.45) is 2.38. The van der Waals surface area contributed by atoms with Crippen molar-refractivity contribution in [2.45, 2.75) is 43.9 Å². The lowest BCUT2D eigenvalue weighted by molar-refractivity contribution is -0.138. The first-order valence-electron chi connectivity index (χ1n) is 10.7. The fourth-order valence-corrected chi connectivity index (χ4v) is 5.88. The van der Waals surface area contributed by atoms with Crippen LogP contribution in [0.15, 0.2) is 24.3 Å². The fourth-order valence-electron chi connectivity index (χ4n) is 4.45. The summed E-state index contributed by atoms with van der Waals surface area (Å²) in [5, 5.41) is 2.91. The van der Waals surface area contributed by atoms with Crippen molar-refractivity contribution in [2.24, 2.45) is 0 Å². The van der Waals surface area contributed by atoms with Crippen LogP contribution in [-0.4, -0.2) is 69.0 Å². The number of hydrogen-bond acceptors (Lipinski definition) is 5. The van der Waals surface area contributed by atoms with E-state index in [4.69, 9.17) is 9.79 Å². The Balaban J connectivity index is 1.59. The molecular formula is C21H24F2N3O6PS. The Morgan fingerprint density at radius 3 is 2.62 bits per heavy atom. The van der Waals surface area contributed by atoms with E-state index in [0.29, 0.717) is 24.2 Å². The van der Waals surface area contributed by atoms with E-state index in [9.17, 15) is 27.7 Å². The number of nitrogens with zero attached hydrogens (tertiary/aromatic N) is 2. The van der Waals surface area contributed by atoms with E-state index < -0.39 is 30.8 Å². The van der Waals surface area contributed by atoms with E-state index in [2.05, 4.69) is 5.32 Å². The van der Waals surface area contributed by atoms with Gasteiger partial charge in [-0.15, -0.1) is 11.3 Å². The Labute approximate surface area is 197 Å². The topological polar surface area (TPSA) is 127 Å². The monoisotopic (exact) mass is 515 g/mol. The number of alkyl halides is 2. The molecule has 13 heteroatoms. The standard InChI is InChI=1S/C21H24F2N3O6PS/c1-12(27)25-8-6-15-3-2-7-26(15)20(29)16(11-25)24-19(28)18-10-13-9-14(4-5-17(13)34-18)21(22,23)33(30,31)32/h4-5,9-10,15-16H,2-3,6-8,11H2,1H3,(H,24,28)(H2,30,31,32)/t15-,16?/m1/s1. The van der Waals surface area contributed by atoms with Crippen LogP contribution in [0.3, 0.4) is 0 Å². The summed E-state index contributed by atoms with van der Waals surface area (Å²) in [6, 6.07) is 3.53. The number of benzene rings is 1. The van der Waals surface area contributed by atoms with Crippen molar-refractivity contribution in [2.75, 3.05) is 19.6 Å². The number of carbonyl (C=O) groups excluding carboxylic acids is 3. The Kier molecular flexibility index (Phi) is 6.54. The van der Waals surface area contributed by atoms with E-state index in [0.717, 1.165) is 36.3 Å². The summed E-state index contributed by atoms with van der Waals surface area (Å²) in [4.78, 5) is 59.6. The molecule has 184 valence electrons. The Morgan fingerprint density at radius 2 is 1.94 bits per heavy atom. The maximum atomic E-state index is 14.1. The van der Waals surface area contributed by atoms with Crippen LogP contribution in [0, 0.1) is 0 Å². The summed E-state index contributed by atoms with van der Waals surface area (Å²) in [7, 11) is -5.73. The molecule has 0 spiro atoms. The molecule has 1 unspecified atom stereocenters. The van der Waals surface area contributed by atoms with Crippen LogP contribution in [-0.2, 0) is 19.8 Å². The first kappa shape index (κ1) is 24.7. The Hall–Kier alpha value is -2.40. The van der Waals surface area contributed by atoms with E-state index in [1.807, 2.05) is 0 Å². The number of carbonyl (C=O) groups is 3. The first-order chi connectivity index (χ1) is 15.9. The van der Waals surface area contributed by atoms with Gasteiger partial charge < -0.3 is 24.9 Å². The molecule has 2 aromatic rings. The largest absolute Gasteiger partial charge is 0.399 e. The molecule has 1 aromatic carbocycles. The third-order valence-electron chi connectivity index (χ3n) is 6.30. The van der Waals surface area contributed by atoms with Gasteiger partial charge in [-0.3, -0.25) is 18.9 Å². The minimum atomic E-state index is -5.73. The van der Waals surface area contributed by atoms with Gasteiger partial charge in [0, 0.05) is 42.9 Å². The molecule has 34 heavy (non-hydrogen) atoms. The Morgan fingerprint density at radius 1 is 1.21 bits per heavy atom. The molecule has 0 radical (unpaired) electrons. The van der Waals surface area contributed by atoms with Crippen molar-refractivity contribution in [3.8, 4) is 0 Å². The molecule has 0 bridgehead atoms. The van der Waals surface area contributed by atoms with E-state index in [1.54, 1.807) is 9.80 Å². The van der Waals surface area contributed by atoms with Gasteiger partial charge in [0.2, 0.25) is 11.8 Å². The first-order valence-corrected chi connectivity index (χ1v) is 13.2. The van der Waals surface area contributed by atoms with Gasteiger partial charge in [0.15, 0.2) is 0 Å². The zero-order valence-electron chi connectivity index (χ0n) is 18.2. The number of nitrogens with one attached hydrogen (secondary N) is 1. The maximum Gasteiger partial charge on any atom is 0.399 e. The molecule has 3 N–H and O–H groups in total. The molecule has 0 saturated carbocycles. The quantitative estimate of drug-likeness (QED) is 0.537. The lowest BCUT2D eigenvalue weighted by Crippen LogP contribution is -2.57. The van der Waals surface area contributed by atoms with Crippen LogP contribution < -0.4 is 5.32 Å². The van der Waals surface area contributed by atoms with Crippen molar-refractivity contribution in [1.82, 2.24) is 15.1 Å². The van der Waals surface area contributed by atoms with Crippen molar-refractivity contribution < 1.29 is 37.5 Å². The van der Waals surface area contributed by atoms with Crippen LogP contribution >= 0.6 is 18.9 Å². The molecule has 2 saturated heterocycles. The second-order valence-electron chi connectivity index (χ2n) is 8.56. The molecule has 3 heterocycles. The average Bonchev–Trinajstić information content (AvgIpc) is 3.39. The highest BCUT2D eigenvalue weighted by atomic mass is 32.1. The summed E-state index contributed by atoms with van der Waals surface area (Å²) >= 11 is 1.00. The smallest absolute Gasteiger partial charge is 0.340 e. The summed E-state index contributed by atoms with van der Waals surface area (Å²) in [5.74, 6) is -1.05. The number of fused-ring (bicyclic) bond motifs is 2. The van der Waals surface area contributed by atoms with Crippen LogP contribution in [0.1, 0.15) is 41.4 Å². The molecule has 2 atom stereocenters. The lowest BCUT2D eigenvalue weighted by Gasteiger charge is -2.36. The number of rotatable bonds is 4. The second-order valence-corrected chi connectivity index (χ2v) is 11.3. The molecular weight excluding hydrogens is 491 g/mol. The third-order valence-corrected chi connectivity index (χ3v) is 8.40. The molecule has 0 aliphatic carbocycles. The summed E-state index contributed by atoms with van der Waals surface area (Å²) in [5.41, 5.74) is -5.22. The zero-order chi connectivity index (χ0) is 24.8. The second kappa shape index (κ2) is 8.99. The number of amides is 3. The molecule has 2 aliphatic rings. The fraction of sp³-hybridized carbons (Fsp3) is 0.476. The van der Waals surface area contributed by atoms with Gasteiger partial charge in [-0.1, -0.05) is 6.07 Å². The van der Waals surface area contributed by atoms with E-state index in [1.165, 1.54) is 19.1 Å². The Bertz CT molecular complexity index is 1200. The maximum absolute atomic E-state index is 14.1. The van der Waals surface area contributed by atoms with Crippen molar-refractivity contribution in [3.63, 3.8) is 0 Å². The summed E-state index contributed by atoms with van der Waals surface area (Å²) in [6.45, 7) is 2.52. The van der Waals surface area contributed by atoms with E-state index >= 15 is 0 Å². The molecule has 3 amide bonds. The average molecular weight is 515 g/mol. The SMILES string of the molecule is CC(=O)N1CC[C@H]2CCCN2C(=O)C(NC(=O)c2cc3cc(C(F)(F)P(=O)(O)O)ccc3s2)C1. The van der Waals surface area contributed by atoms with Gasteiger partial charge in [-0.05, 0) is 42.8 Å². The number of hydrogen-bond donors (Lipinski definition) is 3. The van der Waals surface area contributed by atoms with Crippen molar-refractivity contribution in [3.05, 3.63) is 34.7 Å². The van der Waals surface area contributed by atoms with Gasteiger partial charge in [0.1, 0.15) is 6.04 Å². The zero-order valence-corrected chi connectivity index (χ0v) is 20.0. The highest BCUT2D eigenvalue weighted by molar-refractivity contribution is 7.52. The lowest BCUT2D eigenvalue weighted by atomic mass is 10.1. The van der Waals surface area contributed by atoms with Gasteiger partial charge in [0.25, 0.3) is 5.91 Å². The van der Waals surface area contributed by atoms with Gasteiger partial charge >= 0.3 is 13.3 Å². The van der Waals surface area contributed by atoms with Crippen LogP contribution in [0.4, 0.5) is 8.78 Å². The predicted molar refractivity (Wildman–Crippen MR) is 121 cm³/mol. The number of halogens is 2. The van der Waals surface area contributed by atoms with Gasteiger partial charge in [-0.2, -0.15) is 8.78 Å². The normalized spacial score (nSPS) is 21.9. The van der Waals surface area contributed by atoms with Crippen molar-refractivity contribution >= 4 is 46.7 Å². The minimum absolute atomic E-state index is 0.0208. The van der Waals surface area contributed by atoms with Crippen LogP contribution in [0.25, 0.3) is 10.1 Å². The highest BCUT2D eigenvalue weighted by Gasteiger charge is 2.50. The molecule has 2 aliphatic heterocycles. The molecule has 9 nitrogen and oxygen atoms in total. The molecule has 4 rings (SSSR count).